The van der Waals surface area contributed by atoms with E-state index in [0.29, 0.717) is 16.4 Å². The second-order valence-electron chi connectivity index (χ2n) is 6.39. The molecule has 0 spiro atoms. The third-order valence-electron chi connectivity index (χ3n) is 4.91. The fraction of sp³-hybridized carbons (Fsp3) is 1.00. The van der Waals surface area contributed by atoms with Gasteiger partial charge in [-0.05, 0) is 44.1 Å². The first-order valence-electron chi connectivity index (χ1n) is 7.81. The van der Waals surface area contributed by atoms with Gasteiger partial charge in [0.05, 0.1) is 0 Å². The second kappa shape index (κ2) is 7.04. The average molecular weight is 271 g/mol. The number of rotatable bonds is 3. The van der Waals surface area contributed by atoms with E-state index in [0.717, 1.165) is 18.9 Å². The van der Waals surface area contributed by atoms with Crippen molar-refractivity contribution < 1.29 is 4.21 Å². The SMILES string of the molecule is CC1CCCC(S(=O)C2CCCCCC2CN)C1. The van der Waals surface area contributed by atoms with Gasteiger partial charge in [0.15, 0.2) is 0 Å². The van der Waals surface area contributed by atoms with Crippen molar-refractivity contribution in [1.29, 1.82) is 0 Å². The van der Waals surface area contributed by atoms with Gasteiger partial charge in [-0.1, -0.05) is 39.0 Å². The fourth-order valence-corrected chi connectivity index (χ4v) is 6.20. The van der Waals surface area contributed by atoms with Gasteiger partial charge in [-0.2, -0.15) is 0 Å². The van der Waals surface area contributed by atoms with Crippen LogP contribution in [-0.2, 0) is 10.8 Å². The quantitative estimate of drug-likeness (QED) is 0.801. The summed E-state index contributed by atoms with van der Waals surface area (Å²) in [5.41, 5.74) is 5.92. The van der Waals surface area contributed by atoms with Crippen LogP contribution in [0.3, 0.4) is 0 Å². The van der Waals surface area contributed by atoms with Crippen LogP contribution in [0.2, 0.25) is 0 Å². The third kappa shape index (κ3) is 3.57. The molecule has 0 saturated heterocycles. The van der Waals surface area contributed by atoms with Gasteiger partial charge in [0.2, 0.25) is 0 Å². The average Bonchev–Trinajstić information content (AvgIpc) is 2.62. The molecule has 0 heterocycles. The lowest BCUT2D eigenvalue weighted by molar-refractivity contribution is 0.383. The molecule has 2 aliphatic carbocycles. The normalized spacial score (nSPS) is 40.1. The summed E-state index contributed by atoms with van der Waals surface area (Å²) in [6.45, 7) is 3.05. The Morgan fingerprint density at radius 1 is 1.06 bits per heavy atom. The van der Waals surface area contributed by atoms with Gasteiger partial charge in [0, 0.05) is 21.3 Å². The maximum atomic E-state index is 12.9. The minimum absolute atomic E-state index is 0.396. The molecule has 106 valence electrons. The zero-order valence-electron chi connectivity index (χ0n) is 11.8. The molecule has 5 atom stereocenters. The van der Waals surface area contributed by atoms with Gasteiger partial charge in [0.1, 0.15) is 0 Å². The molecule has 18 heavy (non-hydrogen) atoms. The van der Waals surface area contributed by atoms with Crippen molar-refractivity contribution in [3.05, 3.63) is 0 Å². The van der Waals surface area contributed by atoms with Crippen molar-refractivity contribution in [1.82, 2.24) is 0 Å². The molecule has 5 unspecified atom stereocenters. The summed E-state index contributed by atoms with van der Waals surface area (Å²) in [7, 11) is -0.635. The van der Waals surface area contributed by atoms with E-state index in [2.05, 4.69) is 6.92 Å². The van der Waals surface area contributed by atoms with E-state index in [-0.39, 0.29) is 0 Å². The highest BCUT2D eigenvalue weighted by Gasteiger charge is 2.33. The van der Waals surface area contributed by atoms with Crippen molar-refractivity contribution in [2.45, 2.75) is 75.2 Å². The minimum Gasteiger partial charge on any atom is -0.330 e. The second-order valence-corrected chi connectivity index (χ2v) is 8.32. The molecular weight excluding hydrogens is 242 g/mol. The monoisotopic (exact) mass is 271 g/mol. The van der Waals surface area contributed by atoms with E-state index in [1.54, 1.807) is 0 Å². The van der Waals surface area contributed by atoms with Crippen LogP contribution >= 0.6 is 0 Å². The predicted molar refractivity (Wildman–Crippen MR) is 79.0 cm³/mol. The summed E-state index contributed by atoms with van der Waals surface area (Å²) in [6.07, 6.45) is 11.2. The molecule has 2 nitrogen and oxygen atoms in total. The summed E-state index contributed by atoms with van der Waals surface area (Å²) in [5, 5.41) is 0.860. The Balaban J connectivity index is 2.00. The van der Waals surface area contributed by atoms with Crippen LogP contribution in [0.25, 0.3) is 0 Å². The van der Waals surface area contributed by atoms with Gasteiger partial charge >= 0.3 is 0 Å². The molecule has 0 aromatic carbocycles. The Kier molecular flexibility index (Phi) is 5.68. The highest BCUT2D eigenvalue weighted by Crippen LogP contribution is 2.33. The van der Waals surface area contributed by atoms with E-state index in [4.69, 9.17) is 5.73 Å². The van der Waals surface area contributed by atoms with Gasteiger partial charge in [-0.15, -0.1) is 0 Å². The molecule has 3 heteroatoms. The van der Waals surface area contributed by atoms with E-state index in [9.17, 15) is 4.21 Å². The molecule has 2 saturated carbocycles. The first-order chi connectivity index (χ1) is 8.72. The first kappa shape index (κ1) is 14.5. The summed E-state index contributed by atoms with van der Waals surface area (Å²) in [6, 6.07) is 0. The highest BCUT2D eigenvalue weighted by molar-refractivity contribution is 7.86. The van der Waals surface area contributed by atoms with Crippen LogP contribution in [0.15, 0.2) is 0 Å². The Labute approximate surface area is 115 Å². The molecule has 0 aromatic rings. The van der Waals surface area contributed by atoms with Gasteiger partial charge < -0.3 is 5.73 Å². The van der Waals surface area contributed by atoms with Crippen molar-refractivity contribution in [2.75, 3.05) is 6.54 Å². The van der Waals surface area contributed by atoms with E-state index in [1.165, 1.54) is 51.4 Å². The van der Waals surface area contributed by atoms with Crippen LogP contribution < -0.4 is 5.73 Å². The molecule has 2 fully saturated rings. The van der Waals surface area contributed by atoms with Crippen molar-refractivity contribution in [3.63, 3.8) is 0 Å². The smallest absolute Gasteiger partial charge is 0.0391 e. The fourth-order valence-electron chi connectivity index (χ4n) is 3.76. The number of hydrogen-bond acceptors (Lipinski definition) is 2. The largest absolute Gasteiger partial charge is 0.330 e. The molecule has 0 amide bonds. The predicted octanol–water partition coefficient (Wildman–Crippen LogP) is 3.22. The Morgan fingerprint density at radius 3 is 2.56 bits per heavy atom. The van der Waals surface area contributed by atoms with Crippen LogP contribution in [0.1, 0.15) is 64.7 Å². The molecule has 0 bridgehead atoms. The number of hydrogen-bond donors (Lipinski definition) is 1. The molecule has 0 aliphatic heterocycles. The molecular formula is C15H29NOS. The topological polar surface area (TPSA) is 43.1 Å². The van der Waals surface area contributed by atoms with Gasteiger partial charge in [-0.3, -0.25) is 4.21 Å². The van der Waals surface area contributed by atoms with E-state index < -0.39 is 10.8 Å². The summed E-state index contributed by atoms with van der Waals surface area (Å²) < 4.78 is 12.9. The lowest BCUT2D eigenvalue weighted by Crippen LogP contribution is -2.37. The van der Waals surface area contributed by atoms with E-state index >= 15 is 0 Å². The first-order valence-corrected chi connectivity index (χ1v) is 9.09. The Morgan fingerprint density at radius 2 is 1.83 bits per heavy atom. The standard InChI is InChI=1S/C15H29NOS/c1-12-6-5-8-14(10-12)18(17)15-9-4-2-3-7-13(15)11-16/h12-15H,2-11,16H2,1H3. The molecule has 0 aromatic heterocycles. The summed E-state index contributed by atoms with van der Waals surface area (Å²) >= 11 is 0. The minimum atomic E-state index is -0.635. The molecule has 0 radical (unpaired) electrons. The van der Waals surface area contributed by atoms with E-state index in [1.807, 2.05) is 0 Å². The molecule has 2 N–H and O–H groups in total. The summed E-state index contributed by atoms with van der Waals surface area (Å²) in [5.74, 6) is 1.29. The Bertz CT molecular complexity index is 282. The zero-order chi connectivity index (χ0) is 13.0. The van der Waals surface area contributed by atoms with Crippen molar-refractivity contribution >= 4 is 10.8 Å². The highest BCUT2D eigenvalue weighted by atomic mass is 32.2. The van der Waals surface area contributed by atoms with Crippen molar-refractivity contribution in [3.8, 4) is 0 Å². The van der Waals surface area contributed by atoms with Crippen LogP contribution in [0.5, 0.6) is 0 Å². The number of nitrogens with two attached hydrogens (primary N) is 1. The van der Waals surface area contributed by atoms with Crippen LogP contribution in [-0.4, -0.2) is 21.3 Å². The Hall–Kier alpha value is 0.110. The van der Waals surface area contributed by atoms with Gasteiger partial charge in [-0.25, -0.2) is 0 Å². The maximum Gasteiger partial charge on any atom is 0.0391 e. The lowest BCUT2D eigenvalue weighted by atomic mass is 9.90. The van der Waals surface area contributed by atoms with Crippen molar-refractivity contribution in [2.24, 2.45) is 17.6 Å². The summed E-state index contributed by atoms with van der Waals surface area (Å²) in [4.78, 5) is 0. The molecule has 2 rings (SSSR count). The zero-order valence-corrected chi connectivity index (χ0v) is 12.6. The third-order valence-corrected chi connectivity index (χ3v) is 7.21. The van der Waals surface area contributed by atoms with Crippen LogP contribution in [0, 0.1) is 11.8 Å². The molecule has 2 aliphatic rings. The maximum absolute atomic E-state index is 12.9. The van der Waals surface area contributed by atoms with Gasteiger partial charge in [0.25, 0.3) is 0 Å². The lowest BCUT2D eigenvalue weighted by Gasteiger charge is -2.32. The van der Waals surface area contributed by atoms with Crippen LogP contribution in [0.4, 0.5) is 0 Å².